The first-order chi connectivity index (χ1) is 7.60. The fourth-order valence-electron chi connectivity index (χ4n) is 1.02. The van der Waals surface area contributed by atoms with Gasteiger partial charge >= 0.3 is 11.9 Å². The highest BCUT2D eigenvalue weighted by Crippen LogP contribution is 2.03. The molecule has 0 saturated heterocycles. The maximum absolute atomic E-state index is 11.0. The Morgan fingerprint density at radius 1 is 1.19 bits per heavy atom. The molecule has 0 aromatic heterocycles. The molecule has 0 heterocycles. The van der Waals surface area contributed by atoms with Crippen LogP contribution in [0, 0.1) is 0 Å². The average Bonchev–Trinajstić information content (AvgIpc) is 2.24. The van der Waals surface area contributed by atoms with Gasteiger partial charge in [0.1, 0.15) is 6.61 Å². The number of aliphatic hydroxyl groups excluding tert-OH is 2. The molecule has 0 fully saturated rings. The topological polar surface area (TPSA) is 93.1 Å². The molecule has 0 aliphatic heterocycles. The third-order valence-corrected chi connectivity index (χ3v) is 1.74. The summed E-state index contributed by atoms with van der Waals surface area (Å²) >= 11 is 0. The number of unbranched alkanes of at least 4 members (excludes halogenated alkanes) is 1. The number of esters is 2. The fraction of sp³-hybridized carbons (Fsp3) is 0.800. The van der Waals surface area contributed by atoms with E-state index in [1.165, 1.54) is 0 Å². The number of aliphatic hydroxyl groups is 2. The Morgan fingerprint density at radius 2 is 1.75 bits per heavy atom. The molecule has 94 valence electrons. The predicted molar refractivity (Wildman–Crippen MR) is 54.3 cm³/mol. The number of carbonyl (C=O) groups is 2. The summed E-state index contributed by atoms with van der Waals surface area (Å²) in [5, 5.41) is 17.2. The van der Waals surface area contributed by atoms with Crippen LogP contribution in [0.25, 0.3) is 0 Å². The molecule has 0 bridgehead atoms. The Balaban J connectivity index is 3.44. The van der Waals surface area contributed by atoms with Gasteiger partial charge in [0.2, 0.25) is 6.29 Å². The van der Waals surface area contributed by atoms with Gasteiger partial charge in [0.15, 0.2) is 0 Å². The van der Waals surface area contributed by atoms with E-state index in [0.29, 0.717) is 19.4 Å². The molecule has 2 N–H and O–H groups in total. The smallest absolute Gasteiger partial charge is 0.308 e. The molecule has 6 heteroatoms. The molecule has 1 atom stereocenters. The zero-order valence-corrected chi connectivity index (χ0v) is 9.35. The van der Waals surface area contributed by atoms with Gasteiger partial charge in [0.05, 0.1) is 6.61 Å². The van der Waals surface area contributed by atoms with Crippen LogP contribution in [0.4, 0.5) is 0 Å². The monoisotopic (exact) mass is 234 g/mol. The van der Waals surface area contributed by atoms with Crippen molar-refractivity contribution in [3.05, 3.63) is 0 Å². The van der Waals surface area contributed by atoms with Crippen molar-refractivity contribution in [2.75, 3.05) is 13.2 Å². The van der Waals surface area contributed by atoms with E-state index in [1.807, 2.05) is 0 Å². The molecule has 0 radical (unpaired) electrons. The maximum Gasteiger partial charge on any atom is 0.308 e. The Hall–Kier alpha value is -1.14. The van der Waals surface area contributed by atoms with Crippen molar-refractivity contribution in [2.45, 2.75) is 38.9 Å². The van der Waals surface area contributed by atoms with Crippen molar-refractivity contribution in [1.82, 2.24) is 0 Å². The second-order valence-corrected chi connectivity index (χ2v) is 3.14. The van der Waals surface area contributed by atoms with Crippen LogP contribution < -0.4 is 0 Å². The first-order valence-corrected chi connectivity index (χ1v) is 5.24. The van der Waals surface area contributed by atoms with Crippen LogP contribution in [0.15, 0.2) is 0 Å². The van der Waals surface area contributed by atoms with Crippen molar-refractivity contribution in [2.24, 2.45) is 0 Å². The van der Waals surface area contributed by atoms with Crippen LogP contribution in [0.3, 0.4) is 0 Å². The van der Waals surface area contributed by atoms with Crippen molar-refractivity contribution in [1.29, 1.82) is 0 Å². The van der Waals surface area contributed by atoms with E-state index in [4.69, 9.17) is 14.9 Å². The summed E-state index contributed by atoms with van der Waals surface area (Å²) < 4.78 is 9.11. The van der Waals surface area contributed by atoms with Crippen molar-refractivity contribution in [3.8, 4) is 0 Å². The quantitative estimate of drug-likeness (QED) is 0.348. The van der Waals surface area contributed by atoms with Gasteiger partial charge in [0.25, 0.3) is 0 Å². The normalized spacial score (nSPS) is 11.9. The lowest BCUT2D eigenvalue weighted by Crippen LogP contribution is -2.20. The highest BCUT2D eigenvalue weighted by Gasteiger charge is 2.09. The first-order valence-electron chi connectivity index (χ1n) is 5.24. The number of hydrogen-bond acceptors (Lipinski definition) is 6. The van der Waals surface area contributed by atoms with E-state index in [2.05, 4.69) is 4.74 Å². The second-order valence-electron chi connectivity index (χ2n) is 3.14. The van der Waals surface area contributed by atoms with E-state index in [1.54, 1.807) is 6.92 Å². The molecule has 16 heavy (non-hydrogen) atoms. The maximum atomic E-state index is 11.0. The molecular weight excluding hydrogens is 216 g/mol. The van der Waals surface area contributed by atoms with E-state index in [9.17, 15) is 9.59 Å². The van der Waals surface area contributed by atoms with E-state index in [-0.39, 0.29) is 18.8 Å². The molecule has 0 aromatic carbocycles. The number of carbonyl (C=O) groups excluding carboxylic acids is 2. The summed E-state index contributed by atoms with van der Waals surface area (Å²) in [6.07, 6.45) is -0.0726. The molecule has 0 aromatic rings. The summed E-state index contributed by atoms with van der Waals surface area (Å²) in [7, 11) is 0. The predicted octanol–water partition coefficient (Wildman–Crippen LogP) is -0.0362. The van der Waals surface area contributed by atoms with Crippen molar-refractivity contribution < 1.29 is 29.3 Å². The van der Waals surface area contributed by atoms with Crippen molar-refractivity contribution >= 4 is 11.9 Å². The van der Waals surface area contributed by atoms with Crippen molar-refractivity contribution in [3.63, 3.8) is 0 Å². The third-order valence-electron chi connectivity index (χ3n) is 1.74. The molecule has 0 saturated carbocycles. The fourth-order valence-corrected chi connectivity index (χ4v) is 1.02. The summed E-state index contributed by atoms with van der Waals surface area (Å²) in [4.78, 5) is 21.9. The van der Waals surface area contributed by atoms with Gasteiger partial charge in [-0.3, -0.25) is 9.59 Å². The zero-order chi connectivity index (χ0) is 12.4. The van der Waals surface area contributed by atoms with Crippen LogP contribution in [-0.2, 0) is 19.1 Å². The van der Waals surface area contributed by atoms with Crippen LogP contribution in [0.2, 0.25) is 0 Å². The van der Waals surface area contributed by atoms with E-state index >= 15 is 0 Å². The van der Waals surface area contributed by atoms with Gasteiger partial charge in [-0.2, -0.15) is 0 Å². The minimum atomic E-state index is -1.46. The summed E-state index contributed by atoms with van der Waals surface area (Å²) in [5.74, 6) is -0.878. The van der Waals surface area contributed by atoms with E-state index in [0.717, 1.165) is 0 Å². The van der Waals surface area contributed by atoms with Crippen LogP contribution in [0.5, 0.6) is 0 Å². The second kappa shape index (κ2) is 9.11. The van der Waals surface area contributed by atoms with Crippen LogP contribution >= 0.6 is 0 Å². The zero-order valence-electron chi connectivity index (χ0n) is 9.35. The summed E-state index contributed by atoms with van der Waals surface area (Å²) in [5.41, 5.74) is 0. The Kier molecular flexibility index (Phi) is 8.46. The molecule has 6 nitrogen and oxygen atoms in total. The molecule has 0 aliphatic rings. The number of rotatable bonds is 8. The first kappa shape index (κ1) is 14.9. The minimum Gasteiger partial charge on any atom is -0.466 e. The number of hydrogen-bond donors (Lipinski definition) is 2. The van der Waals surface area contributed by atoms with Gasteiger partial charge in [-0.1, -0.05) is 0 Å². The molecule has 0 rings (SSSR count). The standard InChI is InChI=1S/C10H18O6/c1-2-15-8(12)5-3-4-6-9(13)16-10(14)7-11/h10-11,14H,2-7H2,1H3. The van der Waals surface area contributed by atoms with Gasteiger partial charge in [-0.05, 0) is 19.8 Å². The SMILES string of the molecule is CCOC(=O)CCCCC(=O)OC(O)CO. The molecule has 0 amide bonds. The van der Waals surface area contributed by atoms with E-state index < -0.39 is 18.9 Å². The van der Waals surface area contributed by atoms with Crippen LogP contribution in [-0.4, -0.2) is 41.7 Å². The molecule has 1 unspecified atom stereocenters. The Bertz CT molecular complexity index is 215. The average molecular weight is 234 g/mol. The molecular formula is C10H18O6. The lowest BCUT2D eigenvalue weighted by molar-refractivity contribution is -0.173. The molecule has 0 spiro atoms. The lowest BCUT2D eigenvalue weighted by atomic mass is 10.2. The van der Waals surface area contributed by atoms with Gasteiger partial charge < -0.3 is 19.7 Å². The lowest BCUT2D eigenvalue weighted by Gasteiger charge is -2.08. The largest absolute Gasteiger partial charge is 0.466 e. The number of ether oxygens (including phenoxy) is 2. The Morgan fingerprint density at radius 3 is 2.25 bits per heavy atom. The summed E-state index contributed by atoms with van der Waals surface area (Å²) in [6.45, 7) is 1.46. The van der Waals surface area contributed by atoms with Gasteiger partial charge in [-0.25, -0.2) is 0 Å². The minimum absolute atomic E-state index is 0.108. The van der Waals surface area contributed by atoms with Gasteiger partial charge in [0, 0.05) is 12.8 Å². The molecule has 0 aliphatic carbocycles. The Labute approximate surface area is 94.2 Å². The van der Waals surface area contributed by atoms with Crippen LogP contribution in [0.1, 0.15) is 32.6 Å². The third kappa shape index (κ3) is 8.19. The highest BCUT2D eigenvalue weighted by atomic mass is 16.6. The summed E-state index contributed by atoms with van der Waals surface area (Å²) in [6, 6.07) is 0. The highest BCUT2D eigenvalue weighted by molar-refractivity contribution is 5.70. The van der Waals surface area contributed by atoms with Gasteiger partial charge in [-0.15, -0.1) is 0 Å².